The molecule has 0 aromatic heterocycles. The van der Waals surface area contributed by atoms with Crippen molar-refractivity contribution in [2.24, 2.45) is 0 Å². The molecule has 2 rings (SSSR count). The van der Waals surface area contributed by atoms with Gasteiger partial charge in [-0.05, 0) is 31.0 Å². The third-order valence-corrected chi connectivity index (χ3v) is 3.90. The molecule has 1 aromatic carbocycles. The summed E-state index contributed by atoms with van der Waals surface area (Å²) in [6.07, 6.45) is 3.97. The molecule has 1 amide bonds. The number of hydrogen-bond acceptors (Lipinski definition) is 2. The van der Waals surface area contributed by atoms with Crippen LogP contribution < -0.4 is 5.32 Å². The van der Waals surface area contributed by atoms with Gasteiger partial charge in [-0.25, -0.2) is 13.6 Å². The van der Waals surface area contributed by atoms with Gasteiger partial charge >= 0.3 is 5.97 Å². The van der Waals surface area contributed by atoms with Gasteiger partial charge in [0.05, 0.1) is 0 Å². The average molecular weight is 297 g/mol. The van der Waals surface area contributed by atoms with E-state index in [4.69, 9.17) is 0 Å². The van der Waals surface area contributed by atoms with Crippen LogP contribution in [0.25, 0.3) is 0 Å². The SMILES string of the molecule is O=C(NC1(C(=O)O)CCCCCC1)c1ccc(F)c(F)c1. The number of carboxylic acids is 1. The number of rotatable bonds is 3. The highest BCUT2D eigenvalue weighted by molar-refractivity contribution is 5.97. The van der Waals surface area contributed by atoms with Crippen molar-refractivity contribution in [2.45, 2.75) is 44.1 Å². The first-order chi connectivity index (χ1) is 9.94. The molecule has 4 nitrogen and oxygen atoms in total. The van der Waals surface area contributed by atoms with Crippen molar-refractivity contribution >= 4 is 11.9 Å². The van der Waals surface area contributed by atoms with Crippen molar-refractivity contribution in [1.29, 1.82) is 0 Å². The number of halogens is 2. The number of aliphatic carboxylic acids is 1. The fourth-order valence-corrected chi connectivity index (χ4v) is 2.65. The fraction of sp³-hybridized carbons (Fsp3) is 0.467. The third kappa shape index (κ3) is 3.37. The van der Waals surface area contributed by atoms with E-state index in [1.807, 2.05) is 0 Å². The Bertz CT molecular complexity index is 552. The molecule has 0 spiro atoms. The number of benzene rings is 1. The summed E-state index contributed by atoms with van der Waals surface area (Å²) < 4.78 is 26.0. The van der Waals surface area contributed by atoms with Crippen molar-refractivity contribution in [2.75, 3.05) is 0 Å². The Morgan fingerprint density at radius 1 is 1.05 bits per heavy atom. The van der Waals surface area contributed by atoms with Crippen LogP contribution in [0.2, 0.25) is 0 Å². The lowest BCUT2D eigenvalue weighted by molar-refractivity contribution is -0.145. The molecular formula is C15H17F2NO3. The summed E-state index contributed by atoms with van der Waals surface area (Å²) in [7, 11) is 0. The molecule has 114 valence electrons. The predicted octanol–water partition coefficient (Wildman–Crippen LogP) is 2.87. The number of nitrogens with one attached hydrogen (secondary N) is 1. The number of carbonyl (C=O) groups excluding carboxylic acids is 1. The maximum Gasteiger partial charge on any atom is 0.329 e. The van der Waals surface area contributed by atoms with Crippen LogP contribution in [-0.2, 0) is 4.79 Å². The normalized spacial score (nSPS) is 17.8. The molecule has 6 heteroatoms. The lowest BCUT2D eigenvalue weighted by Crippen LogP contribution is -2.54. The molecule has 0 saturated heterocycles. The Hall–Kier alpha value is -1.98. The number of amides is 1. The smallest absolute Gasteiger partial charge is 0.329 e. The summed E-state index contributed by atoms with van der Waals surface area (Å²) in [6, 6.07) is 2.77. The fourth-order valence-electron chi connectivity index (χ4n) is 2.65. The van der Waals surface area contributed by atoms with Gasteiger partial charge in [0.15, 0.2) is 11.6 Å². The van der Waals surface area contributed by atoms with Crippen LogP contribution in [-0.4, -0.2) is 22.5 Å². The zero-order chi connectivity index (χ0) is 15.5. The third-order valence-electron chi connectivity index (χ3n) is 3.90. The van der Waals surface area contributed by atoms with Gasteiger partial charge in [-0.3, -0.25) is 4.79 Å². The van der Waals surface area contributed by atoms with Crippen LogP contribution >= 0.6 is 0 Å². The topological polar surface area (TPSA) is 66.4 Å². The van der Waals surface area contributed by atoms with E-state index in [0.29, 0.717) is 25.7 Å². The highest BCUT2D eigenvalue weighted by Crippen LogP contribution is 2.28. The highest BCUT2D eigenvalue weighted by Gasteiger charge is 2.40. The Morgan fingerprint density at radius 2 is 1.67 bits per heavy atom. The summed E-state index contributed by atoms with van der Waals surface area (Å²) in [6.45, 7) is 0. The first-order valence-electron chi connectivity index (χ1n) is 6.95. The van der Waals surface area contributed by atoms with Gasteiger partial charge in [-0.1, -0.05) is 25.7 Å². The van der Waals surface area contributed by atoms with Crippen LogP contribution in [0.4, 0.5) is 8.78 Å². The summed E-state index contributed by atoms with van der Waals surface area (Å²) in [4.78, 5) is 23.7. The van der Waals surface area contributed by atoms with E-state index in [1.165, 1.54) is 0 Å². The summed E-state index contributed by atoms with van der Waals surface area (Å²) in [5.74, 6) is -3.96. The van der Waals surface area contributed by atoms with E-state index < -0.39 is 29.0 Å². The monoisotopic (exact) mass is 297 g/mol. The molecule has 2 N–H and O–H groups in total. The van der Waals surface area contributed by atoms with Crippen molar-refractivity contribution in [3.63, 3.8) is 0 Å². The van der Waals surface area contributed by atoms with E-state index in [-0.39, 0.29) is 5.56 Å². The molecule has 0 atom stereocenters. The molecule has 0 bridgehead atoms. The largest absolute Gasteiger partial charge is 0.480 e. The van der Waals surface area contributed by atoms with Gasteiger partial charge in [0.1, 0.15) is 5.54 Å². The second kappa shape index (κ2) is 6.20. The van der Waals surface area contributed by atoms with E-state index in [1.54, 1.807) is 0 Å². The Kier molecular flexibility index (Phi) is 4.55. The van der Waals surface area contributed by atoms with Crippen molar-refractivity contribution in [3.8, 4) is 0 Å². The van der Waals surface area contributed by atoms with Crippen molar-refractivity contribution in [1.82, 2.24) is 5.32 Å². The first kappa shape index (κ1) is 15.4. The van der Waals surface area contributed by atoms with Crippen LogP contribution in [0.1, 0.15) is 48.9 Å². The number of hydrogen-bond donors (Lipinski definition) is 2. The maximum atomic E-state index is 13.2. The highest BCUT2D eigenvalue weighted by atomic mass is 19.2. The van der Waals surface area contributed by atoms with E-state index >= 15 is 0 Å². The van der Waals surface area contributed by atoms with Gasteiger partial charge in [-0.15, -0.1) is 0 Å². The van der Waals surface area contributed by atoms with Crippen LogP contribution in [0.15, 0.2) is 18.2 Å². The summed E-state index contributed by atoms with van der Waals surface area (Å²) in [5, 5.41) is 12.0. The number of carbonyl (C=O) groups is 2. The lowest BCUT2D eigenvalue weighted by Gasteiger charge is -2.29. The molecule has 1 aromatic rings. The van der Waals surface area contributed by atoms with Gasteiger partial charge < -0.3 is 10.4 Å². The standard InChI is InChI=1S/C15H17F2NO3/c16-11-6-5-10(9-12(11)17)13(19)18-15(14(20)21)7-3-1-2-4-8-15/h5-6,9H,1-4,7-8H2,(H,18,19)(H,20,21). The molecule has 1 fully saturated rings. The minimum atomic E-state index is -1.32. The summed E-state index contributed by atoms with van der Waals surface area (Å²) >= 11 is 0. The second-order valence-electron chi connectivity index (χ2n) is 5.38. The summed E-state index contributed by atoms with van der Waals surface area (Å²) in [5.41, 5.74) is -1.41. The Balaban J connectivity index is 2.21. The zero-order valence-corrected chi connectivity index (χ0v) is 11.5. The Morgan fingerprint density at radius 3 is 2.19 bits per heavy atom. The van der Waals surface area contributed by atoms with Crippen LogP contribution in [0.5, 0.6) is 0 Å². The minimum absolute atomic E-state index is 0.0845. The van der Waals surface area contributed by atoms with Crippen molar-refractivity contribution in [3.05, 3.63) is 35.4 Å². The molecule has 21 heavy (non-hydrogen) atoms. The molecule has 1 aliphatic carbocycles. The minimum Gasteiger partial charge on any atom is -0.480 e. The molecule has 1 saturated carbocycles. The first-order valence-corrected chi connectivity index (χ1v) is 6.95. The molecule has 0 heterocycles. The van der Waals surface area contributed by atoms with Gasteiger partial charge in [-0.2, -0.15) is 0 Å². The Labute approximate surface area is 121 Å². The molecular weight excluding hydrogens is 280 g/mol. The van der Waals surface area contributed by atoms with Crippen molar-refractivity contribution < 1.29 is 23.5 Å². The second-order valence-corrected chi connectivity index (χ2v) is 5.38. The van der Waals surface area contributed by atoms with E-state index in [0.717, 1.165) is 31.0 Å². The van der Waals surface area contributed by atoms with E-state index in [2.05, 4.69) is 5.32 Å². The number of carboxylic acid groups (broad SMARTS) is 1. The van der Waals surface area contributed by atoms with Crippen LogP contribution in [0, 0.1) is 11.6 Å². The van der Waals surface area contributed by atoms with Gasteiger partial charge in [0.25, 0.3) is 5.91 Å². The zero-order valence-electron chi connectivity index (χ0n) is 11.5. The lowest BCUT2D eigenvalue weighted by atomic mass is 9.90. The van der Waals surface area contributed by atoms with E-state index in [9.17, 15) is 23.5 Å². The molecule has 0 unspecified atom stereocenters. The van der Waals surface area contributed by atoms with Crippen LogP contribution in [0.3, 0.4) is 0 Å². The molecule has 0 radical (unpaired) electrons. The average Bonchev–Trinajstić information content (AvgIpc) is 2.68. The predicted molar refractivity (Wildman–Crippen MR) is 71.9 cm³/mol. The van der Waals surface area contributed by atoms with Gasteiger partial charge in [0, 0.05) is 5.56 Å². The van der Waals surface area contributed by atoms with Gasteiger partial charge in [0.2, 0.25) is 0 Å². The quantitative estimate of drug-likeness (QED) is 0.843. The molecule has 0 aliphatic heterocycles. The molecule has 1 aliphatic rings. The maximum absolute atomic E-state index is 13.2.